The number of benzene rings is 1. The first kappa shape index (κ1) is 16.2. The number of aromatic nitrogens is 2. The molecular weight excluding hydrogens is 286 g/mol. The molecule has 2 atom stereocenters. The molecule has 0 aliphatic heterocycles. The van der Waals surface area contributed by atoms with Gasteiger partial charge in [0.05, 0.1) is 6.20 Å². The van der Waals surface area contributed by atoms with E-state index in [1.54, 1.807) is 0 Å². The van der Waals surface area contributed by atoms with E-state index in [0.717, 1.165) is 30.4 Å². The van der Waals surface area contributed by atoms with Crippen LogP contribution in [0.3, 0.4) is 0 Å². The first-order valence-electron chi connectivity index (χ1n) is 8.58. The van der Waals surface area contributed by atoms with Crippen LogP contribution in [-0.4, -0.2) is 21.4 Å². The van der Waals surface area contributed by atoms with E-state index in [1.807, 2.05) is 16.9 Å². The molecule has 23 heavy (non-hydrogen) atoms. The van der Waals surface area contributed by atoms with Crippen LogP contribution in [0.1, 0.15) is 62.4 Å². The van der Waals surface area contributed by atoms with E-state index in [9.17, 15) is 5.11 Å². The van der Waals surface area contributed by atoms with Gasteiger partial charge in [-0.25, -0.2) is 0 Å². The van der Waals surface area contributed by atoms with Crippen molar-refractivity contribution in [1.82, 2.24) is 15.1 Å². The van der Waals surface area contributed by atoms with Crippen molar-refractivity contribution in [1.29, 1.82) is 0 Å². The number of hydrogen-bond acceptors (Lipinski definition) is 3. The highest BCUT2D eigenvalue weighted by Gasteiger charge is 2.34. The molecule has 2 aromatic rings. The van der Waals surface area contributed by atoms with Crippen LogP contribution in [0, 0.1) is 0 Å². The van der Waals surface area contributed by atoms with E-state index in [1.165, 1.54) is 5.56 Å². The molecule has 1 aliphatic rings. The quantitative estimate of drug-likeness (QED) is 0.890. The Morgan fingerprint density at radius 2 is 2.09 bits per heavy atom. The van der Waals surface area contributed by atoms with E-state index >= 15 is 0 Å². The molecule has 4 heteroatoms. The predicted octanol–water partition coefficient (Wildman–Crippen LogP) is 3.34. The Labute approximate surface area is 138 Å². The maximum absolute atomic E-state index is 11.1. The van der Waals surface area contributed by atoms with Crippen molar-refractivity contribution in [3.05, 3.63) is 53.3 Å². The minimum absolute atomic E-state index is 0.167. The molecule has 0 spiro atoms. The second-order valence-corrected chi connectivity index (χ2v) is 6.99. The zero-order chi connectivity index (χ0) is 16.4. The van der Waals surface area contributed by atoms with Crippen molar-refractivity contribution in [2.75, 3.05) is 6.54 Å². The molecule has 2 N–H and O–H groups in total. The number of hydrogen-bond donors (Lipinski definition) is 2. The molecule has 0 saturated carbocycles. The molecule has 0 bridgehead atoms. The molecule has 0 saturated heterocycles. The smallest absolute Gasteiger partial charge is 0.102 e. The number of aliphatic hydroxyl groups is 1. The van der Waals surface area contributed by atoms with Crippen molar-refractivity contribution in [3.8, 4) is 0 Å². The Balaban J connectivity index is 1.70. The van der Waals surface area contributed by atoms with Crippen LogP contribution < -0.4 is 5.32 Å². The van der Waals surface area contributed by atoms with Gasteiger partial charge >= 0.3 is 0 Å². The van der Waals surface area contributed by atoms with Crippen LogP contribution in [0.4, 0.5) is 0 Å². The SMILES string of the molecule is CC(NCC1(O)CCCc2ccccc21)c1cnn(C(C)C)c1. The van der Waals surface area contributed by atoms with Gasteiger partial charge in [0.1, 0.15) is 5.60 Å². The molecule has 1 heterocycles. The Bertz CT molecular complexity index is 664. The Hall–Kier alpha value is -1.65. The van der Waals surface area contributed by atoms with E-state index in [2.05, 4.69) is 55.6 Å². The lowest BCUT2D eigenvalue weighted by Crippen LogP contribution is -2.41. The van der Waals surface area contributed by atoms with Crippen LogP contribution in [0.25, 0.3) is 0 Å². The molecule has 2 unspecified atom stereocenters. The Kier molecular flexibility index (Phi) is 4.55. The highest BCUT2D eigenvalue weighted by Crippen LogP contribution is 2.35. The van der Waals surface area contributed by atoms with E-state index in [-0.39, 0.29) is 6.04 Å². The van der Waals surface area contributed by atoms with Crippen LogP contribution in [0.5, 0.6) is 0 Å². The molecule has 1 aliphatic carbocycles. The lowest BCUT2D eigenvalue weighted by molar-refractivity contribution is 0.0170. The van der Waals surface area contributed by atoms with Crippen molar-refractivity contribution in [2.45, 2.75) is 57.7 Å². The predicted molar refractivity (Wildman–Crippen MR) is 92.3 cm³/mol. The standard InChI is InChI=1S/C19H27N3O/c1-14(2)22-12-17(11-21-22)15(3)20-13-19(23)10-6-8-16-7-4-5-9-18(16)19/h4-5,7,9,11-12,14-15,20,23H,6,8,10,13H2,1-3H3. The summed E-state index contributed by atoms with van der Waals surface area (Å²) >= 11 is 0. The third kappa shape index (κ3) is 3.33. The highest BCUT2D eigenvalue weighted by molar-refractivity contribution is 5.35. The van der Waals surface area contributed by atoms with Crippen molar-refractivity contribution in [3.63, 3.8) is 0 Å². The third-order valence-electron chi connectivity index (χ3n) is 4.91. The molecule has 3 rings (SSSR count). The van der Waals surface area contributed by atoms with Crippen LogP contribution in [-0.2, 0) is 12.0 Å². The first-order valence-corrected chi connectivity index (χ1v) is 8.58. The fourth-order valence-electron chi connectivity index (χ4n) is 3.38. The largest absolute Gasteiger partial charge is 0.384 e. The average molecular weight is 313 g/mol. The summed E-state index contributed by atoms with van der Waals surface area (Å²) in [5.41, 5.74) is 2.76. The molecule has 1 aromatic heterocycles. The number of nitrogens with zero attached hydrogens (tertiary/aromatic N) is 2. The number of aryl methyl sites for hydroxylation is 1. The van der Waals surface area contributed by atoms with Crippen molar-refractivity contribution in [2.24, 2.45) is 0 Å². The lowest BCUT2D eigenvalue weighted by Gasteiger charge is -2.35. The monoisotopic (exact) mass is 313 g/mol. The van der Waals surface area contributed by atoms with E-state index < -0.39 is 5.60 Å². The summed E-state index contributed by atoms with van der Waals surface area (Å²) in [6.45, 7) is 6.94. The number of fused-ring (bicyclic) bond motifs is 1. The van der Waals surface area contributed by atoms with Gasteiger partial charge in [-0.05, 0) is 51.2 Å². The van der Waals surface area contributed by atoms with Gasteiger partial charge in [0.25, 0.3) is 0 Å². The summed E-state index contributed by atoms with van der Waals surface area (Å²) in [7, 11) is 0. The number of rotatable bonds is 5. The fourth-order valence-corrected chi connectivity index (χ4v) is 3.38. The van der Waals surface area contributed by atoms with Crippen molar-refractivity contribution < 1.29 is 5.11 Å². The number of nitrogens with one attached hydrogen (secondary N) is 1. The van der Waals surface area contributed by atoms with Gasteiger partial charge in [-0.15, -0.1) is 0 Å². The van der Waals surface area contributed by atoms with Crippen LogP contribution >= 0.6 is 0 Å². The van der Waals surface area contributed by atoms with Gasteiger partial charge in [-0.3, -0.25) is 4.68 Å². The van der Waals surface area contributed by atoms with Gasteiger partial charge < -0.3 is 10.4 Å². The minimum atomic E-state index is -0.767. The van der Waals surface area contributed by atoms with Crippen molar-refractivity contribution >= 4 is 0 Å². The molecule has 0 radical (unpaired) electrons. The molecule has 0 fully saturated rings. The summed E-state index contributed by atoms with van der Waals surface area (Å²) in [6, 6.07) is 8.81. The maximum atomic E-state index is 11.1. The van der Waals surface area contributed by atoms with Gasteiger partial charge in [-0.1, -0.05) is 24.3 Å². The Morgan fingerprint density at radius 3 is 2.83 bits per heavy atom. The fraction of sp³-hybridized carbons (Fsp3) is 0.526. The second kappa shape index (κ2) is 6.46. The third-order valence-corrected chi connectivity index (χ3v) is 4.91. The summed E-state index contributed by atoms with van der Waals surface area (Å²) in [5.74, 6) is 0. The summed E-state index contributed by atoms with van der Waals surface area (Å²) in [4.78, 5) is 0. The minimum Gasteiger partial charge on any atom is -0.384 e. The molecule has 124 valence electrons. The van der Waals surface area contributed by atoms with Crippen LogP contribution in [0.2, 0.25) is 0 Å². The van der Waals surface area contributed by atoms with Gasteiger partial charge in [0, 0.05) is 30.4 Å². The molecule has 4 nitrogen and oxygen atoms in total. The lowest BCUT2D eigenvalue weighted by atomic mass is 9.79. The average Bonchev–Trinajstić information content (AvgIpc) is 3.04. The zero-order valence-corrected chi connectivity index (χ0v) is 14.3. The normalized spacial score (nSPS) is 22.1. The molecular formula is C19H27N3O. The Morgan fingerprint density at radius 1 is 1.30 bits per heavy atom. The summed E-state index contributed by atoms with van der Waals surface area (Å²) in [6.07, 6.45) is 6.91. The van der Waals surface area contributed by atoms with Gasteiger partial charge in [0.15, 0.2) is 0 Å². The van der Waals surface area contributed by atoms with E-state index in [4.69, 9.17) is 0 Å². The highest BCUT2D eigenvalue weighted by atomic mass is 16.3. The topological polar surface area (TPSA) is 50.1 Å². The van der Waals surface area contributed by atoms with Gasteiger partial charge in [0.2, 0.25) is 0 Å². The summed E-state index contributed by atoms with van der Waals surface area (Å²) in [5, 5.41) is 19.0. The van der Waals surface area contributed by atoms with Crippen LogP contribution in [0.15, 0.2) is 36.7 Å². The van der Waals surface area contributed by atoms with E-state index in [0.29, 0.717) is 12.6 Å². The maximum Gasteiger partial charge on any atom is 0.102 e. The van der Waals surface area contributed by atoms with Gasteiger partial charge in [-0.2, -0.15) is 5.10 Å². The molecule has 0 amide bonds. The summed E-state index contributed by atoms with van der Waals surface area (Å²) < 4.78 is 1.97. The first-order chi connectivity index (χ1) is 11.0. The second-order valence-electron chi connectivity index (χ2n) is 6.99. The molecule has 1 aromatic carbocycles. The zero-order valence-electron chi connectivity index (χ0n) is 14.3.